The summed E-state index contributed by atoms with van der Waals surface area (Å²) in [6.45, 7) is 14.9. The molecule has 9 heteroatoms. The molecule has 0 fully saturated rings. The van der Waals surface area contributed by atoms with Crippen molar-refractivity contribution >= 4 is 31.9 Å². The van der Waals surface area contributed by atoms with Gasteiger partial charge in [-0.25, -0.2) is 0 Å². The maximum Gasteiger partial charge on any atom is 0.315 e. The molecule has 4 atom stereocenters. The number of carbonyl (C=O) groups is 4. The van der Waals surface area contributed by atoms with Gasteiger partial charge in [-0.1, -0.05) is 170 Å². The minimum absolute atomic E-state index is 0.126. The summed E-state index contributed by atoms with van der Waals surface area (Å²) >= 11 is 0. The summed E-state index contributed by atoms with van der Waals surface area (Å²) in [5.41, 5.74) is 10.1. The van der Waals surface area contributed by atoms with Gasteiger partial charge in [-0.3, -0.25) is 19.2 Å². The SMILES string of the molecule is CC(C)[Si](OC(=O)[C@H](Cc1ccccc1)NC(=O)[C@@H](CC(=O)[C@H](Cc1ccccc1)NC(=O)[C@@H](N)Cc1ccccc1)Cc1ccccc1)(C(C)C)C(C)(C)C. The highest BCUT2D eigenvalue weighted by molar-refractivity contribution is 6.80. The summed E-state index contributed by atoms with van der Waals surface area (Å²) in [5, 5.41) is 5.73. The second kappa shape index (κ2) is 20.3. The van der Waals surface area contributed by atoms with E-state index in [1.165, 1.54) is 0 Å². The van der Waals surface area contributed by atoms with E-state index in [1.54, 1.807) is 0 Å². The largest absolute Gasteiger partial charge is 0.516 e. The minimum Gasteiger partial charge on any atom is -0.516 e. The molecule has 0 spiro atoms. The first-order valence-corrected chi connectivity index (χ1v) is 21.9. The van der Waals surface area contributed by atoms with Gasteiger partial charge in [0.25, 0.3) is 8.32 Å². The van der Waals surface area contributed by atoms with E-state index in [4.69, 9.17) is 10.2 Å². The molecule has 0 aromatic heterocycles. The number of rotatable bonds is 19. The Bertz CT molecular complexity index is 1840. The number of hydrogen-bond acceptors (Lipinski definition) is 6. The fourth-order valence-corrected chi connectivity index (χ4v) is 14.3. The maximum absolute atomic E-state index is 14.6. The average molecular weight is 776 g/mol. The number of hydrogen-bond donors (Lipinski definition) is 3. The fourth-order valence-electron chi connectivity index (χ4n) is 8.23. The molecule has 8 nitrogen and oxygen atoms in total. The molecule has 0 aliphatic rings. The molecule has 4 aromatic rings. The molecule has 0 bridgehead atoms. The predicted octanol–water partition coefficient (Wildman–Crippen LogP) is 7.94. The summed E-state index contributed by atoms with van der Waals surface area (Å²) in [7, 11) is -2.77. The monoisotopic (exact) mass is 775 g/mol. The van der Waals surface area contributed by atoms with Crippen molar-refractivity contribution in [1.29, 1.82) is 0 Å². The number of benzene rings is 4. The zero-order valence-electron chi connectivity index (χ0n) is 34.2. The summed E-state index contributed by atoms with van der Waals surface area (Å²) in [6.07, 6.45) is 0.857. The van der Waals surface area contributed by atoms with Gasteiger partial charge < -0.3 is 20.8 Å². The van der Waals surface area contributed by atoms with Crippen molar-refractivity contribution in [3.05, 3.63) is 144 Å². The lowest BCUT2D eigenvalue weighted by atomic mass is 9.89. The summed E-state index contributed by atoms with van der Waals surface area (Å²) in [5.74, 6) is -2.48. The summed E-state index contributed by atoms with van der Waals surface area (Å²) in [4.78, 5) is 56.9. The van der Waals surface area contributed by atoms with E-state index in [-0.39, 0.29) is 47.6 Å². The predicted molar refractivity (Wildman–Crippen MR) is 227 cm³/mol. The van der Waals surface area contributed by atoms with Gasteiger partial charge in [-0.05, 0) is 57.6 Å². The molecular weight excluding hydrogens is 715 g/mol. The van der Waals surface area contributed by atoms with Crippen LogP contribution in [0.25, 0.3) is 0 Å². The minimum atomic E-state index is -2.77. The van der Waals surface area contributed by atoms with Gasteiger partial charge in [0.05, 0.1) is 12.1 Å². The molecule has 0 aliphatic carbocycles. The van der Waals surface area contributed by atoms with Crippen molar-refractivity contribution in [2.75, 3.05) is 0 Å². The Balaban J connectivity index is 1.65. The van der Waals surface area contributed by atoms with Gasteiger partial charge in [-0.2, -0.15) is 0 Å². The molecule has 0 saturated carbocycles. The third-order valence-corrected chi connectivity index (χ3v) is 17.1. The van der Waals surface area contributed by atoms with E-state index in [1.807, 2.05) is 121 Å². The van der Waals surface area contributed by atoms with Crippen LogP contribution in [-0.2, 0) is 49.3 Å². The normalized spacial score (nSPS) is 14.0. The molecule has 0 saturated heterocycles. The van der Waals surface area contributed by atoms with Crippen LogP contribution in [0.5, 0.6) is 0 Å². The third kappa shape index (κ3) is 12.1. The van der Waals surface area contributed by atoms with E-state index in [0.29, 0.717) is 6.42 Å². The van der Waals surface area contributed by atoms with Gasteiger partial charge in [0.1, 0.15) is 6.04 Å². The van der Waals surface area contributed by atoms with E-state index in [9.17, 15) is 19.2 Å². The Hall–Kier alpha value is -4.86. The van der Waals surface area contributed by atoms with Crippen LogP contribution in [0.15, 0.2) is 121 Å². The molecular formula is C47H61N3O5Si. The summed E-state index contributed by atoms with van der Waals surface area (Å²) < 4.78 is 6.71. The first-order chi connectivity index (χ1) is 26.6. The van der Waals surface area contributed by atoms with E-state index in [0.717, 1.165) is 22.3 Å². The molecule has 4 N–H and O–H groups in total. The molecule has 2 amide bonds. The van der Waals surface area contributed by atoms with Crippen LogP contribution in [0.4, 0.5) is 0 Å². The van der Waals surface area contributed by atoms with Gasteiger partial charge in [-0.15, -0.1) is 0 Å². The van der Waals surface area contributed by atoms with Crippen LogP contribution in [-0.4, -0.2) is 50.0 Å². The number of amides is 2. The van der Waals surface area contributed by atoms with Gasteiger partial charge in [0, 0.05) is 18.8 Å². The molecule has 0 radical (unpaired) electrons. The van der Waals surface area contributed by atoms with Gasteiger partial charge in [0.15, 0.2) is 5.78 Å². The second-order valence-electron chi connectivity index (χ2n) is 16.6. The zero-order valence-corrected chi connectivity index (χ0v) is 35.2. The Labute approximate surface area is 335 Å². The second-order valence-corrected chi connectivity index (χ2v) is 22.2. The quantitative estimate of drug-likeness (QED) is 0.0831. The highest BCUT2D eigenvalue weighted by atomic mass is 28.4. The molecule has 0 heterocycles. The maximum atomic E-state index is 14.6. The lowest BCUT2D eigenvalue weighted by Crippen LogP contribution is -2.57. The van der Waals surface area contributed by atoms with E-state index in [2.05, 4.69) is 59.1 Å². The average Bonchev–Trinajstić information content (AvgIpc) is 3.16. The van der Waals surface area contributed by atoms with Crippen molar-refractivity contribution in [1.82, 2.24) is 10.6 Å². The smallest absolute Gasteiger partial charge is 0.315 e. The molecule has 4 aromatic carbocycles. The highest BCUT2D eigenvalue weighted by Crippen LogP contribution is 2.51. The molecule has 298 valence electrons. The van der Waals surface area contributed by atoms with Crippen molar-refractivity contribution in [3.8, 4) is 0 Å². The zero-order chi connectivity index (χ0) is 40.9. The van der Waals surface area contributed by atoms with Crippen LogP contribution < -0.4 is 16.4 Å². The highest BCUT2D eigenvalue weighted by Gasteiger charge is 2.55. The molecule has 4 rings (SSSR count). The third-order valence-electron chi connectivity index (χ3n) is 10.8. The van der Waals surface area contributed by atoms with Crippen LogP contribution in [0.2, 0.25) is 16.1 Å². The van der Waals surface area contributed by atoms with E-state index >= 15 is 0 Å². The topological polar surface area (TPSA) is 128 Å². The number of carbonyl (C=O) groups excluding carboxylic acids is 4. The number of nitrogens with two attached hydrogens (primary N) is 1. The van der Waals surface area contributed by atoms with Crippen LogP contribution >= 0.6 is 0 Å². The van der Waals surface area contributed by atoms with Crippen LogP contribution in [0.3, 0.4) is 0 Å². The Morgan fingerprint density at radius 3 is 1.36 bits per heavy atom. The number of nitrogens with one attached hydrogen (secondary N) is 2. The van der Waals surface area contributed by atoms with Crippen LogP contribution in [0.1, 0.15) is 77.1 Å². The Morgan fingerprint density at radius 1 is 0.571 bits per heavy atom. The lowest BCUT2D eigenvalue weighted by molar-refractivity contribution is -0.141. The van der Waals surface area contributed by atoms with Crippen molar-refractivity contribution in [2.45, 2.75) is 115 Å². The lowest BCUT2D eigenvalue weighted by Gasteiger charge is -2.47. The first-order valence-electron chi connectivity index (χ1n) is 19.9. The van der Waals surface area contributed by atoms with Gasteiger partial charge in [0.2, 0.25) is 11.8 Å². The van der Waals surface area contributed by atoms with Crippen LogP contribution in [0, 0.1) is 5.92 Å². The standard InChI is InChI=1S/C47H61N3O5Si/c1-33(2)56(34(3)4,47(5,6)7)55-46(54)42(31-38-26-18-11-19-27-38)50-44(52)39(28-35-20-12-8-13-21-35)32-43(51)41(30-37-24-16-10-17-25-37)49-45(53)40(48)29-36-22-14-9-15-23-36/h8-27,33-34,39-42H,28-32,48H2,1-7H3,(H,49,53)(H,50,52)/t39-,40+,41+,42+/m1/s1. The number of Topliss-reactive ketones (excluding diaryl/α,β-unsaturated/α-hetero) is 1. The Kier molecular flexibility index (Phi) is 15.9. The molecule has 56 heavy (non-hydrogen) atoms. The van der Waals surface area contributed by atoms with E-state index < -0.39 is 50.1 Å². The number of ketones is 1. The van der Waals surface area contributed by atoms with Crippen molar-refractivity contribution in [3.63, 3.8) is 0 Å². The Morgan fingerprint density at radius 2 is 0.946 bits per heavy atom. The van der Waals surface area contributed by atoms with Gasteiger partial charge >= 0.3 is 5.97 Å². The first kappa shape index (κ1) is 43.9. The molecule has 0 unspecified atom stereocenters. The summed E-state index contributed by atoms with van der Waals surface area (Å²) in [6, 6.07) is 35.2. The van der Waals surface area contributed by atoms with Crippen molar-refractivity contribution in [2.24, 2.45) is 11.7 Å². The van der Waals surface area contributed by atoms with Crippen molar-refractivity contribution < 1.29 is 23.6 Å². The fraction of sp³-hybridized carbons (Fsp3) is 0.404. The molecule has 0 aliphatic heterocycles.